The zero-order chi connectivity index (χ0) is 13.7. The third-order valence-corrected chi connectivity index (χ3v) is 3.21. The van der Waals surface area contributed by atoms with E-state index in [4.69, 9.17) is 4.74 Å². The minimum absolute atomic E-state index is 0.106. The van der Waals surface area contributed by atoms with Crippen LogP contribution in [0.2, 0.25) is 0 Å². The van der Waals surface area contributed by atoms with E-state index in [1.165, 1.54) is 11.1 Å². The monoisotopic (exact) mass is 256 g/mol. The van der Waals surface area contributed by atoms with Gasteiger partial charge in [0.25, 0.3) is 0 Å². The van der Waals surface area contributed by atoms with Gasteiger partial charge in [-0.1, -0.05) is 37.3 Å². The molecule has 0 aliphatic carbocycles. The van der Waals surface area contributed by atoms with Crippen molar-refractivity contribution in [3.63, 3.8) is 0 Å². The Morgan fingerprint density at radius 1 is 1.16 bits per heavy atom. The Morgan fingerprint density at radius 2 is 1.89 bits per heavy atom. The molecule has 100 valence electrons. The number of hydrogen-bond acceptors (Lipinski definition) is 3. The number of aryl methyl sites for hydroxylation is 1. The van der Waals surface area contributed by atoms with E-state index in [1.807, 2.05) is 6.07 Å². The number of ether oxygens (including phenoxy) is 1. The van der Waals surface area contributed by atoms with Gasteiger partial charge in [-0.3, -0.25) is 0 Å². The third kappa shape index (κ3) is 2.93. The van der Waals surface area contributed by atoms with Crippen molar-refractivity contribution in [2.45, 2.75) is 19.9 Å². The van der Waals surface area contributed by atoms with E-state index in [0.717, 1.165) is 12.1 Å². The molecular weight excluding hydrogens is 236 g/mol. The van der Waals surface area contributed by atoms with Gasteiger partial charge in [0, 0.05) is 11.8 Å². The molecule has 0 bridgehead atoms. The van der Waals surface area contributed by atoms with E-state index >= 15 is 0 Å². The minimum Gasteiger partial charge on any atom is -0.481 e. The van der Waals surface area contributed by atoms with E-state index in [-0.39, 0.29) is 6.04 Å². The van der Waals surface area contributed by atoms with Gasteiger partial charge in [0.05, 0.1) is 13.2 Å². The molecule has 1 aromatic carbocycles. The summed E-state index contributed by atoms with van der Waals surface area (Å²) in [6.07, 6.45) is 1.75. The number of pyridine rings is 1. The quantitative estimate of drug-likeness (QED) is 0.892. The topological polar surface area (TPSA) is 34.2 Å². The Labute approximate surface area is 114 Å². The first kappa shape index (κ1) is 13.6. The molecule has 3 heteroatoms. The highest BCUT2D eigenvalue weighted by molar-refractivity contribution is 5.40. The van der Waals surface area contributed by atoms with Crippen LogP contribution >= 0.6 is 0 Å². The van der Waals surface area contributed by atoms with E-state index in [9.17, 15) is 0 Å². The predicted octanol–water partition coefficient (Wildman–Crippen LogP) is 3.10. The lowest BCUT2D eigenvalue weighted by Gasteiger charge is -2.22. The lowest BCUT2D eigenvalue weighted by Crippen LogP contribution is -2.23. The van der Waals surface area contributed by atoms with Crippen LogP contribution in [0.1, 0.15) is 29.7 Å². The van der Waals surface area contributed by atoms with Gasteiger partial charge in [-0.25, -0.2) is 4.98 Å². The first-order valence-electron chi connectivity index (χ1n) is 6.55. The Bertz CT molecular complexity index is 540. The van der Waals surface area contributed by atoms with Gasteiger partial charge < -0.3 is 10.1 Å². The maximum absolute atomic E-state index is 5.38. The number of methoxy groups -OCH3 is 1. The van der Waals surface area contributed by atoms with Crippen molar-refractivity contribution in [3.8, 4) is 5.88 Å². The van der Waals surface area contributed by atoms with Crippen molar-refractivity contribution in [2.24, 2.45) is 0 Å². The fourth-order valence-corrected chi connectivity index (χ4v) is 2.30. The Hall–Kier alpha value is -1.87. The average molecular weight is 256 g/mol. The van der Waals surface area contributed by atoms with Gasteiger partial charge in [0.15, 0.2) is 0 Å². The van der Waals surface area contributed by atoms with Gasteiger partial charge in [0.1, 0.15) is 0 Å². The summed E-state index contributed by atoms with van der Waals surface area (Å²) in [6.45, 7) is 5.12. The average Bonchev–Trinajstić information content (AvgIpc) is 2.46. The molecule has 0 aliphatic heterocycles. The van der Waals surface area contributed by atoms with Crippen molar-refractivity contribution in [1.29, 1.82) is 0 Å². The highest BCUT2D eigenvalue weighted by Gasteiger charge is 2.19. The summed E-state index contributed by atoms with van der Waals surface area (Å²) in [4.78, 5) is 4.29. The smallest absolute Gasteiger partial charge is 0.218 e. The van der Waals surface area contributed by atoms with Crippen molar-refractivity contribution < 1.29 is 4.74 Å². The van der Waals surface area contributed by atoms with Crippen LogP contribution in [0.3, 0.4) is 0 Å². The summed E-state index contributed by atoms with van der Waals surface area (Å²) in [5.41, 5.74) is 3.59. The molecule has 1 heterocycles. The summed E-state index contributed by atoms with van der Waals surface area (Å²) in [7, 11) is 1.66. The minimum atomic E-state index is 0.106. The molecule has 0 fully saturated rings. The number of nitrogens with zero attached hydrogens (tertiary/aromatic N) is 1. The van der Waals surface area contributed by atoms with Crippen LogP contribution in [0.15, 0.2) is 42.6 Å². The molecule has 1 aromatic heterocycles. The van der Waals surface area contributed by atoms with Crippen molar-refractivity contribution >= 4 is 0 Å². The standard InChI is InChI=1S/C16H20N2O/c1-4-17-15(13-9-6-5-8-12(13)2)14-10-7-11-18-16(14)19-3/h5-11,15,17H,4H2,1-3H3. The lowest BCUT2D eigenvalue weighted by molar-refractivity contribution is 0.387. The zero-order valence-electron chi connectivity index (χ0n) is 11.7. The molecule has 2 aromatic rings. The summed E-state index contributed by atoms with van der Waals surface area (Å²) in [6, 6.07) is 12.5. The summed E-state index contributed by atoms with van der Waals surface area (Å²) in [5.74, 6) is 0.678. The molecule has 19 heavy (non-hydrogen) atoms. The molecule has 0 amide bonds. The fraction of sp³-hybridized carbons (Fsp3) is 0.312. The number of rotatable bonds is 5. The van der Waals surface area contributed by atoms with Crippen molar-refractivity contribution in [1.82, 2.24) is 10.3 Å². The van der Waals surface area contributed by atoms with Gasteiger partial charge in [-0.2, -0.15) is 0 Å². The molecule has 0 radical (unpaired) electrons. The predicted molar refractivity (Wildman–Crippen MR) is 77.5 cm³/mol. The van der Waals surface area contributed by atoms with Gasteiger partial charge in [-0.05, 0) is 30.7 Å². The molecule has 1 N–H and O–H groups in total. The molecular formula is C16H20N2O. The fourth-order valence-electron chi connectivity index (χ4n) is 2.30. The Balaban J connectivity index is 2.49. The molecule has 0 spiro atoms. The molecule has 1 atom stereocenters. The molecule has 0 aliphatic rings. The van der Waals surface area contributed by atoms with Crippen LogP contribution in [-0.2, 0) is 0 Å². The van der Waals surface area contributed by atoms with E-state index in [1.54, 1.807) is 13.3 Å². The maximum Gasteiger partial charge on any atom is 0.218 e. The summed E-state index contributed by atoms with van der Waals surface area (Å²) in [5, 5.41) is 3.51. The maximum atomic E-state index is 5.38. The van der Waals surface area contributed by atoms with Crippen LogP contribution in [0, 0.1) is 6.92 Å². The second-order valence-electron chi connectivity index (χ2n) is 4.45. The Morgan fingerprint density at radius 3 is 2.58 bits per heavy atom. The molecule has 0 saturated carbocycles. The van der Waals surface area contributed by atoms with Crippen LogP contribution in [0.25, 0.3) is 0 Å². The van der Waals surface area contributed by atoms with Crippen molar-refractivity contribution in [3.05, 3.63) is 59.3 Å². The number of benzene rings is 1. The van der Waals surface area contributed by atoms with Crippen LogP contribution < -0.4 is 10.1 Å². The molecule has 2 rings (SSSR count). The van der Waals surface area contributed by atoms with Gasteiger partial charge >= 0.3 is 0 Å². The largest absolute Gasteiger partial charge is 0.481 e. The lowest BCUT2D eigenvalue weighted by atomic mass is 9.95. The molecule has 1 unspecified atom stereocenters. The van der Waals surface area contributed by atoms with E-state index < -0.39 is 0 Å². The second kappa shape index (κ2) is 6.34. The van der Waals surface area contributed by atoms with Gasteiger partial charge in [-0.15, -0.1) is 0 Å². The zero-order valence-corrected chi connectivity index (χ0v) is 11.7. The summed E-state index contributed by atoms with van der Waals surface area (Å²) < 4.78 is 5.38. The first-order chi connectivity index (χ1) is 9.27. The highest BCUT2D eigenvalue weighted by Crippen LogP contribution is 2.29. The van der Waals surface area contributed by atoms with Crippen LogP contribution in [-0.4, -0.2) is 18.6 Å². The van der Waals surface area contributed by atoms with E-state index in [2.05, 4.69) is 54.5 Å². The number of hydrogen-bond donors (Lipinski definition) is 1. The normalized spacial score (nSPS) is 12.2. The van der Waals surface area contributed by atoms with Gasteiger partial charge in [0.2, 0.25) is 5.88 Å². The number of aromatic nitrogens is 1. The van der Waals surface area contributed by atoms with Crippen molar-refractivity contribution in [2.75, 3.05) is 13.7 Å². The Kier molecular flexibility index (Phi) is 4.53. The second-order valence-corrected chi connectivity index (χ2v) is 4.45. The third-order valence-electron chi connectivity index (χ3n) is 3.21. The first-order valence-corrected chi connectivity index (χ1v) is 6.55. The molecule has 3 nitrogen and oxygen atoms in total. The highest BCUT2D eigenvalue weighted by atomic mass is 16.5. The number of nitrogens with one attached hydrogen (secondary N) is 1. The molecule has 0 saturated heterocycles. The van der Waals surface area contributed by atoms with Crippen LogP contribution in [0.4, 0.5) is 0 Å². The SMILES string of the molecule is CCNC(c1ccccc1C)c1cccnc1OC. The summed E-state index contributed by atoms with van der Waals surface area (Å²) >= 11 is 0. The van der Waals surface area contributed by atoms with Crippen LogP contribution in [0.5, 0.6) is 5.88 Å². The van der Waals surface area contributed by atoms with E-state index in [0.29, 0.717) is 5.88 Å².